The summed E-state index contributed by atoms with van der Waals surface area (Å²) in [6.07, 6.45) is 23.2. The molecule has 0 radical (unpaired) electrons. The summed E-state index contributed by atoms with van der Waals surface area (Å²) in [5, 5.41) is 3.89. The van der Waals surface area contributed by atoms with Crippen molar-refractivity contribution in [1.82, 2.24) is 16.2 Å². The van der Waals surface area contributed by atoms with E-state index in [1.165, 1.54) is 60.8 Å². The summed E-state index contributed by atoms with van der Waals surface area (Å²) >= 11 is 2.85. The number of anilines is 1. The number of hydrogen-bond acceptors (Lipinski definition) is 4. The SMILES string of the molecule is CC1C=CC=C(C2(C)C=C(c3ccccc3N)CCC2NCNNCC2=CC3=C(CC2)C2(I)CCCCC2C3(C)C)C1. The second-order valence-corrected chi connectivity index (χ2v) is 16.3. The molecule has 226 valence electrons. The zero-order valence-corrected chi connectivity index (χ0v) is 28.3. The molecule has 0 bridgehead atoms. The molecule has 5 N–H and O–H groups in total. The van der Waals surface area contributed by atoms with Gasteiger partial charge in [0.15, 0.2) is 0 Å². The average Bonchev–Trinajstić information content (AvgIpc) is 3.15. The minimum atomic E-state index is -0.0639. The Bertz CT molecular complexity index is 1350. The molecule has 0 spiro atoms. The Hall–Kier alpha value is -1.67. The number of hydrogen-bond donors (Lipinski definition) is 4. The third kappa shape index (κ3) is 5.52. The first kappa shape index (κ1) is 30.4. The van der Waals surface area contributed by atoms with Crippen molar-refractivity contribution in [2.75, 3.05) is 18.9 Å². The first-order chi connectivity index (χ1) is 20.1. The molecule has 42 heavy (non-hydrogen) atoms. The highest BCUT2D eigenvalue weighted by atomic mass is 127. The molecule has 1 aromatic carbocycles. The Labute approximate surface area is 267 Å². The molecule has 0 amide bonds. The lowest BCUT2D eigenvalue weighted by molar-refractivity contribution is 0.206. The summed E-state index contributed by atoms with van der Waals surface area (Å²) in [6, 6.07) is 8.69. The summed E-state index contributed by atoms with van der Waals surface area (Å²) in [7, 11) is 0. The van der Waals surface area contributed by atoms with Crippen LogP contribution in [0.4, 0.5) is 5.69 Å². The number of para-hydroxylation sites is 1. The number of nitrogen functional groups attached to an aromatic ring is 1. The van der Waals surface area contributed by atoms with E-state index < -0.39 is 0 Å². The number of nitrogens with two attached hydrogens (primary N) is 1. The second kappa shape index (κ2) is 12.0. The highest BCUT2D eigenvalue weighted by Gasteiger charge is 2.56. The molecule has 0 aromatic heterocycles. The normalized spacial score (nSPS) is 33.9. The van der Waals surface area contributed by atoms with Gasteiger partial charge in [-0.2, -0.15) is 0 Å². The van der Waals surface area contributed by atoms with Gasteiger partial charge in [-0.1, -0.05) is 123 Å². The maximum absolute atomic E-state index is 6.42. The quantitative estimate of drug-likeness (QED) is 0.0557. The number of halogens is 1. The smallest absolute Gasteiger partial charge is 0.0592 e. The molecule has 1 saturated carbocycles. The lowest BCUT2D eigenvalue weighted by Gasteiger charge is -2.43. The monoisotopic (exact) mass is 678 g/mol. The van der Waals surface area contributed by atoms with Crippen LogP contribution in [0.2, 0.25) is 0 Å². The van der Waals surface area contributed by atoms with Crippen LogP contribution in [0, 0.1) is 22.7 Å². The van der Waals surface area contributed by atoms with Gasteiger partial charge in [0, 0.05) is 32.7 Å². The molecular weight excluding hydrogens is 627 g/mol. The van der Waals surface area contributed by atoms with Gasteiger partial charge in [0.05, 0.1) is 6.67 Å². The van der Waals surface area contributed by atoms with Crippen molar-refractivity contribution in [1.29, 1.82) is 0 Å². The molecule has 6 rings (SSSR count). The van der Waals surface area contributed by atoms with Gasteiger partial charge in [-0.25, -0.2) is 5.43 Å². The van der Waals surface area contributed by atoms with E-state index in [9.17, 15) is 0 Å². The first-order valence-corrected chi connectivity index (χ1v) is 17.5. The third-order valence-electron chi connectivity index (χ3n) is 11.3. The van der Waals surface area contributed by atoms with E-state index in [0.717, 1.165) is 44.1 Å². The van der Waals surface area contributed by atoms with E-state index in [4.69, 9.17) is 5.73 Å². The van der Waals surface area contributed by atoms with Gasteiger partial charge in [0.1, 0.15) is 0 Å². The number of rotatable bonds is 8. The fraction of sp³-hybridized carbons (Fsp3) is 0.568. The molecule has 5 heteroatoms. The van der Waals surface area contributed by atoms with Gasteiger partial charge in [-0.15, -0.1) is 0 Å². The summed E-state index contributed by atoms with van der Waals surface area (Å²) < 4.78 is 0.404. The van der Waals surface area contributed by atoms with Gasteiger partial charge in [0.2, 0.25) is 0 Å². The van der Waals surface area contributed by atoms with Crippen LogP contribution in [-0.4, -0.2) is 22.7 Å². The van der Waals surface area contributed by atoms with Crippen molar-refractivity contribution in [3.05, 3.63) is 82.5 Å². The van der Waals surface area contributed by atoms with Crippen LogP contribution < -0.4 is 21.9 Å². The van der Waals surface area contributed by atoms with Crippen molar-refractivity contribution in [3.8, 4) is 0 Å². The molecule has 5 atom stereocenters. The largest absolute Gasteiger partial charge is 0.398 e. The molecule has 0 saturated heterocycles. The topological polar surface area (TPSA) is 62.1 Å². The Kier molecular flexibility index (Phi) is 8.69. The van der Waals surface area contributed by atoms with E-state index in [2.05, 4.69) is 109 Å². The fourth-order valence-electron chi connectivity index (χ4n) is 8.97. The Morgan fingerprint density at radius 2 is 1.86 bits per heavy atom. The molecule has 5 unspecified atom stereocenters. The van der Waals surface area contributed by atoms with Crippen molar-refractivity contribution in [2.24, 2.45) is 22.7 Å². The summed E-state index contributed by atoms with van der Waals surface area (Å²) in [6.45, 7) is 11.4. The van der Waals surface area contributed by atoms with Crippen LogP contribution in [0.1, 0.15) is 91.0 Å². The lowest BCUT2D eigenvalue weighted by Crippen LogP contribution is -2.51. The van der Waals surface area contributed by atoms with Crippen molar-refractivity contribution in [3.63, 3.8) is 0 Å². The fourth-order valence-corrected chi connectivity index (χ4v) is 11.0. The number of nitrogens with one attached hydrogen (secondary N) is 3. The molecular formula is C37H51IN4. The van der Waals surface area contributed by atoms with Crippen LogP contribution in [0.3, 0.4) is 0 Å². The van der Waals surface area contributed by atoms with Gasteiger partial charge >= 0.3 is 0 Å². The standard InChI is InChI=1S/C37H51IN4/c1-25-10-9-11-28(20-25)36(4)22-27(29-12-5-6-13-32(29)39)16-18-34(36)40-24-42-41-23-26-15-17-30-31(21-26)35(2,3)33-14-7-8-19-37(30,33)38/h5-6,9-13,21-22,25,33-34,40-42H,7-8,14-20,23-24,39H2,1-4H3. The number of hydrazine groups is 1. The predicted octanol–water partition coefficient (Wildman–Crippen LogP) is 8.41. The highest BCUT2D eigenvalue weighted by Crippen LogP contribution is 2.64. The third-order valence-corrected chi connectivity index (χ3v) is 13.3. The molecule has 1 aromatic rings. The molecule has 0 aliphatic heterocycles. The van der Waals surface area contributed by atoms with Crippen molar-refractivity contribution >= 4 is 33.9 Å². The second-order valence-electron chi connectivity index (χ2n) is 14.4. The number of alkyl halides is 1. The number of benzene rings is 1. The molecule has 0 heterocycles. The molecule has 4 nitrogen and oxygen atoms in total. The van der Waals surface area contributed by atoms with E-state index in [1.54, 1.807) is 11.1 Å². The van der Waals surface area contributed by atoms with Crippen molar-refractivity contribution < 1.29 is 0 Å². The van der Waals surface area contributed by atoms with E-state index in [-0.39, 0.29) is 5.41 Å². The molecule has 5 aliphatic rings. The zero-order chi connectivity index (χ0) is 29.5. The van der Waals surface area contributed by atoms with Gasteiger partial charge < -0.3 is 5.73 Å². The summed E-state index contributed by atoms with van der Waals surface area (Å²) in [5.41, 5.74) is 23.7. The first-order valence-electron chi connectivity index (χ1n) is 16.4. The predicted molar refractivity (Wildman–Crippen MR) is 187 cm³/mol. The Morgan fingerprint density at radius 3 is 2.67 bits per heavy atom. The van der Waals surface area contributed by atoms with Crippen LogP contribution in [-0.2, 0) is 0 Å². The van der Waals surface area contributed by atoms with Crippen molar-refractivity contribution in [2.45, 2.75) is 94.9 Å². The lowest BCUT2D eigenvalue weighted by atomic mass is 9.65. The minimum Gasteiger partial charge on any atom is -0.398 e. The summed E-state index contributed by atoms with van der Waals surface area (Å²) in [4.78, 5) is 0. The molecule has 5 aliphatic carbocycles. The van der Waals surface area contributed by atoms with Gasteiger partial charge in [0.25, 0.3) is 0 Å². The molecule has 1 fully saturated rings. The van der Waals surface area contributed by atoms with E-state index in [0.29, 0.717) is 20.8 Å². The van der Waals surface area contributed by atoms with Crippen LogP contribution in [0.25, 0.3) is 5.57 Å². The summed E-state index contributed by atoms with van der Waals surface area (Å²) in [5.74, 6) is 1.36. The van der Waals surface area contributed by atoms with E-state index >= 15 is 0 Å². The van der Waals surface area contributed by atoms with Crippen LogP contribution in [0.15, 0.2) is 76.9 Å². The van der Waals surface area contributed by atoms with Crippen LogP contribution in [0.5, 0.6) is 0 Å². The Morgan fingerprint density at radius 1 is 1.02 bits per heavy atom. The van der Waals surface area contributed by atoms with E-state index in [1.807, 2.05) is 12.1 Å². The average molecular weight is 679 g/mol. The number of fused-ring (bicyclic) bond motifs is 2. The van der Waals surface area contributed by atoms with Crippen LogP contribution >= 0.6 is 22.6 Å². The highest BCUT2D eigenvalue weighted by molar-refractivity contribution is 14.1. The number of allylic oxidation sites excluding steroid dienone is 7. The maximum atomic E-state index is 6.42. The zero-order valence-electron chi connectivity index (χ0n) is 26.2. The van der Waals surface area contributed by atoms with Gasteiger partial charge in [-0.05, 0) is 85.0 Å². The minimum absolute atomic E-state index is 0.0639. The Balaban J connectivity index is 1.10. The van der Waals surface area contributed by atoms with Gasteiger partial charge in [-0.3, -0.25) is 10.7 Å². The maximum Gasteiger partial charge on any atom is 0.0592 e.